The third-order valence-corrected chi connectivity index (χ3v) is 3.66. The summed E-state index contributed by atoms with van der Waals surface area (Å²) in [6.07, 6.45) is 9.87. The minimum absolute atomic E-state index is 0.126. The Bertz CT molecular complexity index is 600. The van der Waals surface area contributed by atoms with E-state index in [4.69, 9.17) is 14.2 Å². The number of allylic oxidation sites excluding steroid dienone is 3. The molecule has 1 aliphatic rings. The highest BCUT2D eigenvalue weighted by atomic mass is 19.1. The summed E-state index contributed by atoms with van der Waals surface area (Å²) in [4.78, 5) is 0. The van der Waals surface area contributed by atoms with Crippen molar-refractivity contribution < 1.29 is 18.6 Å². The molecule has 26 heavy (non-hydrogen) atoms. The second kappa shape index (κ2) is 12.2. The van der Waals surface area contributed by atoms with Crippen molar-refractivity contribution in [3.63, 3.8) is 0 Å². The Labute approximate surface area is 154 Å². The number of benzene rings is 1. The Morgan fingerprint density at radius 3 is 2.42 bits per heavy atom. The molecule has 0 spiro atoms. The van der Waals surface area contributed by atoms with Crippen LogP contribution in [0.5, 0.6) is 0 Å². The zero-order valence-corrected chi connectivity index (χ0v) is 15.1. The molecule has 6 heteroatoms. The van der Waals surface area contributed by atoms with E-state index in [1.807, 2.05) is 37.5 Å². The lowest BCUT2D eigenvalue weighted by Gasteiger charge is -2.18. The molecular formula is C20H27FN2O3. The van der Waals surface area contributed by atoms with Gasteiger partial charge in [0.15, 0.2) is 0 Å². The monoisotopic (exact) mass is 362 g/mol. The largest absolute Gasteiger partial charge is 0.388 e. The van der Waals surface area contributed by atoms with Crippen LogP contribution >= 0.6 is 0 Å². The van der Waals surface area contributed by atoms with Gasteiger partial charge in [-0.3, -0.25) is 0 Å². The molecule has 5 nitrogen and oxygen atoms in total. The van der Waals surface area contributed by atoms with E-state index in [2.05, 4.69) is 34.9 Å². The highest BCUT2D eigenvalue weighted by Crippen LogP contribution is 2.13. The number of halogens is 1. The van der Waals surface area contributed by atoms with Gasteiger partial charge < -0.3 is 24.8 Å². The Hall–Kier alpha value is -2.15. The predicted molar refractivity (Wildman–Crippen MR) is 103 cm³/mol. The van der Waals surface area contributed by atoms with Gasteiger partial charge in [0, 0.05) is 18.9 Å². The number of hydrogen-bond donors (Lipinski definition) is 2. The van der Waals surface area contributed by atoms with Crippen molar-refractivity contribution in [2.75, 3.05) is 52.1 Å². The fourth-order valence-corrected chi connectivity index (χ4v) is 2.25. The van der Waals surface area contributed by atoms with Gasteiger partial charge in [0.25, 0.3) is 0 Å². The third kappa shape index (κ3) is 7.82. The topological polar surface area (TPSA) is 51.8 Å². The molecule has 142 valence electrons. The molecule has 1 atom stereocenters. The van der Waals surface area contributed by atoms with E-state index in [1.165, 1.54) is 0 Å². The van der Waals surface area contributed by atoms with Crippen LogP contribution in [0.4, 0.5) is 10.1 Å². The minimum atomic E-state index is -0.462. The summed E-state index contributed by atoms with van der Waals surface area (Å²) in [6.45, 7) is 1.46. The van der Waals surface area contributed by atoms with Crippen molar-refractivity contribution in [2.45, 2.75) is 6.23 Å². The molecule has 1 aromatic rings. The minimum Gasteiger partial charge on any atom is -0.388 e. The first kappa shape index (κ1) is 20.2. The van der Waals surface area contributed by atoms with Crippen LogP contribution in [0.25, 0.3) is 6.08 Å². The van der Waals surface area contributed by atoms with Crippen molar-refractivity contribution in [3.8, 4) is 0 Å². The van der Waals surface area contributed by atoms with Crippen LogP contribution in [0.15, 0.2) is 54.3 Å². The molecule has 0 aliphatic carbocycles. The van der Waals surface area contributed by atoms with Crippen molar-refractivity contribution >= 4 is 11.8 Å². The third-order valence-electron chi connectivity index (χ3n) is 3.66. The van der Waals surface area contributed by atoms with Crippen LogP contribution in [-0.2, 0) is 14.2 Å². The fraction of sp³-hybridized carbons (Fsp3) is 0.400. The van der Waals surface area contributed by atoms with E-state index in [0.29, 0.717) is 26.4 Å². The van der Waals surface area contributed by atoms with Crippen molar-refractivity contribution in [1.29, 1.82) is 0 Å². The van der Waals surface area contributed by atoms with E-state index in [9.17, 15) is 4.39 Å². The lowest BCUT2D eigenvalue weighted by atomic mass is 10.1. The summed E-state index contributed by atoms with van der Waals surface area (Å²) in [6, 6.07) is 8.22. The molecule has 1 unspecified atom stereocenters. The van der Waals surface area contributed by atoms with Crippen LogP contribution < -0.4 is 10.6 Å². The summed E-state index contributed by atoms with van der Waals surface area (Å²) in [5.74, 6) is 0. The zero-order chi connectivity index (χ0) is 18.5. The van der Waals surface area contributed by atoms with Crippen LogP contribution in [0.2, 0.25) is 0 Å². The van der Waals surface area contributed by atoms with Gasteiger partial charge in [-0.1, -0.05) is 30.4 Å². The normalized spacial score (nSPS) is 16.5. The number of anilines is 1. The summed E-state index contributed by atoms with van der Waals surface area (Å²) in [5.41, 5.74) is 3.31. The van der Waals surface area contributed by atoms with Crippen LogP contribution in [0.3, 0.4) is 0 Å². The Kier molecular flexibility index (Phi) is 9.50. The highest BCUT2D eigenvalue weighted by Gasteiger charge is 2.06. The molecule has 1 aliphatic heterocycles. The molecular weight excluding hydrogens is 335 g/mol. The van der Waals surface area contributed by atoms with E-state index in [1.54, 1.807) is 0 Å². The summed E-state index contributed by atoms with van der Waals surface area (Å²) in [5, 5.41) is 6.29. The molecule has 0 fully saturated rings. The predicted octanol–water partition coefficient (Wildman–Crippen LogP) is 3.13. The van der Waals surface area contributed by atoms with Gasteiger partial charge in [-0.2, -0.15) is 0 Å². The van der Waals surface area contributed by atoms with Crippen molar-refractivity contribution in [3.05, 3.63) is 59.8 Å². The standard InChI is InChI=1S/C20H27FN2O3/c1-22-19-7-4-17(5-8-19)2-3-18-6-9-20(23-16-18)26-15-14-25-13-12-24-11-10-21/h2-9,16,20,22-23H,10-15H2,1H3/b3-2+. The molecule has 2 rings (SSSR count). The molecule has 0 saturated heterocycles. The number of hydrogen-bond acceptors (Lipinski definition) is 5. The quantitative estimate of drug-likeness (QED) is 0.560. The van der Waals surface area contributed by atoms with Gasteiger partial charge in [-0.05, 0) is 29.3 Å². The number of alkyl halides is 1. The fourth-order valence-electron chi connectivity index (χ4n) is 2.25. The average molecular weight is 362 g/mol. The lowest BCUT2D eigenvalue weighted by Crippen LogP contribution is -2.29. The first-order valence-electron chi connectivity index (χ1n) is 8.75. The highest BCUT2D eigenvalue weighted by molar-refractivity contribution is 5.58. The number of rotatable bonds is 12. The molecule has 0 aromatic heterocycles. The van der Waals surface area contributed by atoms with Crippen LogP contribution in [0.1, 0.15) is 5.56 Å². The van der Waals surface area contributed by atoms with Gasteiger partial charge in [-0.15, -0.1) is 0 Å². The first-order chi connectivity index (χ1) is 12.8. The summed E-state index contributed by atoms with van der Waals surface area (Å²) >= 11 is 0. The summed E-state index contributed by atoms with van der Waals surface area (Å²) < 4.78 is 27.8. The van der Waals surface area contributed by atoms with E-state index in [0.717, 1.165) is 16.8 Å². The lowest BCUT2D eigenvalue weighted by molar-refractivity contribution is -0.00524. The first-order valence-corrected chi connectivity index (χ1v) is 8.75. The van der Waals surface area contributed by atoms with Gasteiger partial charge in [0.2, 0.25) is 0 Å². The molecule has 0 bridgehead atoms. The second-order valence-electron chi connectivity index (χ2n) is 5.58. The van der Waals surface area contributed by atoms with Crippen molar-refractivity contribution in [1.82, 2.24) is 5.32 Å². The summed E-state index contributed by atoms with van der Waals surface area (Å²) in [7, 11) is 1.91. The molecule has 2 N–H and O–H groups in total. The number of dihydropyridines is 1. The maximum atomic E-state index is 11.8. The molecule has 1 aromatic carbocycles. The Morgan fingerprint density at radius 1 is 1.04 bits per heavy atom. The second-order valence-corrected chi connectivity index (χ2v) is 5.58. The maximum absolute atomic E-state index is 11.8. The SMILES string of the molecule is CNc1ccc(/C=C/C2=CNC(OCCOCCOCCF)C=C2)cc1. The van der Waals surface area contributed by atoms with Gasteiger partial charge >= 0.3 is 0 Å². The zero-order valence-electron chi connectivity index (χ0n) is 15.1. The molecule has 0 radical (unpaired) electrons. The molecule has 1 heterocycles. The molecule has 0 amide bonds. The molecule has 0 saturated carbocycles. The Balaban J connectivity index is 1.60. The van der Waals surface area contributed by atoms with Crippen LogP contribution in [-0.4, -0.2) is 53.0 Å². The maximum Gasteiger partial charge on any atom is 0.147 e. The van der Waals surface area contributed by atoms with E-state index >= 15 is 0 Å². The number of nitrogens with one attached hydrogen (secondary N) is 2. The van der Waals surface area contributed by atoms with Crippen LogP contribution in [0, 0.1) is 0 Å². The van der Waals surface area contributed by atoms with E-state index < -0.39 is 6.67 Å². The average Bonchev–Trinajstić information content (AvgIpc) is 2.69. The van der Waals surface area contributed by atoms with Crippen molar-refractivity contribution in [2.24, 2.45) is 0 Å². The van der Waals surface area contributed by atoms with Gasteiger partial charge in [0.1, 0.15) is 12.9 Å². The Morgan fingerprint density at radius 2 is 1.77 bits per heavy atom. The van der Waals surface area contributed by atoms with Gasteiger partial charge in [-0.25, -0.2) is 4.39 Å². The van der Waals surface area contributed by atoms with E-state index in [-0.39, 0.29) is 12.8 Å². The smallest absolute Gasteiger partial charge is 0.147 e. The van der Waals surface area contributed by atoms with Gasteiger partial charge in [0.05, 0.1) is 33.0 Å². The number of ether oxygens (including phenoxy) is 3.